The first-order valence-electron chi connectivity index (χ1n) is 6.22. The number of thiophene rings is 1. The van der Waals surface area contributed by atoms with Crippen LogP contribution in [-0.2, 0) is 19.9 Å². The van der Waals surface area contributed by atoms with Gasteiger partial charge in [-0.3, -0.25) is 4.68 Å². The molecule has 2 heterocycles. The van der Waals surface area contributed by atoms with Crippen LogP contribution in [0.1, 0.15) is 28.6 Å². The van der Waals surface area contributed by atoms with Crippen LogP contribution in [0.4, 0.5) is 0 Å². The maximum atomic E-state index is 6.05. The summed E-state index contributed by atoms with van der Waals surface area (Å²) >= 11 is 7.78. The lowest BCUT2D eigenvalue weighted by atomic mass is 10.1. The monoisotopic (exact) mass is 281 g/mol. The van der Waals surface area contributed by atoms with Crippen LogP contribution in [0, 0.1) is 0 Å². The number of fused-ring (bicyclic) bond motifs is 1. The molecule has 1 aliphatic carbocycles. The van der Waals surface area contributed by atoms with Gasteiger partial charge in [0.25, 0.3) is 0 Å². The van der Waals surface area contributed by atoms with Crippen molar-refractivity contribution in [1.29, 1.82) is 0 Å². The normalized spacial score (nSPS) is 18.2. The summed E-state index contributed by atoms with van der Waals surface area (Å²) in [6.07, 6.45) is 5.32. The fourth-order valence-electron chi connectivity index (χ4n) is 2.51. The van der Waals surface area contributed by atoms with Gasteiger partial charge in [-0.25, -0.2) is 0 Å². The topological polar surface area (TPSA) is 29.9 Å². The molecule has 0 amide bonds. The summed E-state index contributed by atoms with van der Waals surface area (Å²) in [5.41, 5.74) is 2.55. The van der Waals surface area contributed by atoms with Gasteiger partial charge in [-0.2, -0.15) is 5.10 Å². The van der Waals surface area contributed by atoms with Crippen LogP contribution < -0.4 is 5.32 Å². The molecule has 0 spiro atoms. The Balaban J connectivity index is 1.55. The first-order valence-corrected chi connectivity index (χ1v) is 7.42. The molecule has 3 nitrogen and oxygen atoms in total. The summed E-state index contributed by atoms with van der Waals surface area (Å²) in [4.78, 5) is 1.45. The molecule has 0 radical (unpaired) electrons. The Morgan fingerprint density at radius 2 is 2.50 bits per heavy atom. The molecule has 1 atom stereocenters. The molecule has 18 heavy (non-hydrogen) atoms. The number of nitrogens with zero attached hydrogens (tertiary/aromatic N) is 2. The molecule has 1 N–H and O–H groups in total. The van der Waals surface area contributed by atoms with E-state index >= 15 is 0 Å². The molecule has 0 fully saturated rings. The first-order chi connectivity index (χ1) is 8.72. The Kier molecular flexibility index (Phi) is 3.41. The zero-order chi connectivity index (χ0) is 12.5. The molecule has 0 aromatic carbocycles. The van der Waals surface area contributed by atoms with Gasteiger partial charge in [0.05, 0.1) is 10.0 Å². The van der Waals surface area contributed by atoms with Gasteiger partial charge >= 0.3 is 0 Å². The second kappa shape index (κ2) is 5.03. The van der Waals surface area contributed by atoms with Crippen molar-refractivity contribution in [2.45, 2.75) is 25.3 Å². The van der Waals surface area contributed by atoms with E-state index in [0.717, 1.165) is 29.4 Å². The maximum absolute atomic E-state index is 6.05. The molecule has 0 saturated carbocycles. The van der Waals surface area contributed by atoms with E-state index in [1.54, 1.807) is 11.3 Å². The van der Waals surface area contributed by atoms with Crippen LogP contribution in [0.5, 0.6) is 0 Å². The van der Waals surface area contributed by atoms with Crippen molar-refractivity contribution in [2.75, 3.05) is 6.54 Å². The summed E-state index contributed by atoms with van der Waals surface area (Å²) in [6.45, 7) is 0.967. The highest BCUT2D eigenvalue weighted by atomic mass is 35.5. The molecule has 2 aromatic heterocycles. The van der Waals surface area contributed by atoms with Crippen molar-refractivity contribution in [3.8, 4) is 0 Å². The Hall–Kier alpha value is -0.840. The molecule has 3 rings (SSSR count). The lowest BCUT2D eigenvalue weighted by Crippen LogP contribution is -2.21. The minimum atomic E-state index is 0.479. The minimum absolute atomic E-state index is 0.479. The molecule has 1 aliphatic rings. The average Bonchev–Trinajstić information content (AvgIpc) is 2.97. The third kappa shape index (κ3) is 2.46. The summed E-state index contributed by atoms with van der Waals surface area (Å²) in [7, 11) is 1.95. The molecular weight excluding hydrogens is 266 g/mol. The zero-order valence-corrected chi connectivity index (χ0v) is 11.9. The van der Waals surface area contributed by atoms with Gasteiger partial charge in [0.1, 0.15) is 0 Å². The standard InChI is InChI=1S/C13H16ClN3S/c1-17-7-5-9(16-17)4-6-15-11-2-3-12-10(11)8-13(14)18-12/h5,7-8,11,15H,2-4,6H2,1H3. The zero-order valence-electron chi connectivity index (χ0n) is 10.3. The Morgan fingerprint density at radius 1 is 1.61 bits per heavy atom. The molecule has 96 valence electrons. The minimum Gasteiger partial charge on any atom is -0.309 e. The molecule has 2 aromatic rings. The van der Waals surface area contributed by atoms with Crippen LogP contribution in [-0.4, -0.2) is 16.3 Å². The van der Waals surface area contributed by atoms with E-state index in [2.05, 4.69) is 22.5 Å². The van der Waals surface area contributed by atoms with E-state index in [9.17, 15) is 0 Å². The van der Waals surface area contributed by atoms with Crippen molar-refractivity contribution < 1.29 is 0 Å². The largest absolute Gasteiger partial charge is 0.309 e. The third-order valence-corrected chi connectivity index (χ3v) is 4.73. The predicted molar refractivity (Wildman–Crippen MR) is 75.3 cm³/mol. The number of halogens is 1. The number of aryl methyl sites for hydroxylation is 2. The SMILES string of the molecule is Cn1ccc(CCNC2CCc3sc(Cl)cc32)n1. The fraction of sp³-hybridized carbons (Fsp3) is 0.462. The molecule has 0 aliphatic heterocycles. The molecule has 0 bridgehead atoms. The van der Waals surface area contributed by atoms with Crippen LogP contribution in [0.15, 0.2) is 18.3 Å². The molecule has 5 heteroatoms. The first kappa shape index (κ1) is 12.2. The lowest BCUT2D eigenvalue weighted by Gasteiger charge is -2.11. The van der Waals surface area contributed by atoms with Crippen LogP contribution >= 0.6 is 22.9 Å². The lowest BCUT2D eigenvalue weighted by molar-refractivity contribution is 0.530. The van der Waals surface area contributed by atoms with E-state index < -0.39 is 0 Å². The summed E-state index contributed by atoms with van der Waals surface area (Å²) < 4.78 is 2.76. The van der Waals surface area contributed by atoms with E-state index in [-0.39, 0.29) is 0 Å². The van der Waals surface area contributed by atoms with Gasteiger partial charge in [-0.05, 0) is 30.5 Å². The second-order valence-electron chi connectivity index (χ2n) is 4.71. The van der Waals surface area contributed by atoms with Crippen molar-refractivity contribution in [1.82, 2.24) is 15.1 Å². The van der Waals surface area contributed by atoms with Crippen molar-refractivity contribution in [3.05, 3.63) is 38.8 Å². The van der Waals surface area contributed by atoms with Gasteiger partial charge in [-0.15, -0.1) is 11.3 Å². The quantitative estimate of drug-likeness (QED) is 0.934. The van der Waals surface area contributed by atoms with Gasteiger partial charge < -0.3 is 5.32 Å². The van der Waals surface area contributed by atoms with Gasteiger partial charge in [0.2, 0.25) is 0 Å². The maximum Gasteiger partial charge on any atom is 0.0934 e. The summed E-state index contributed by atoms with van der Waals surface area (Å²) in [5.74, 6) is 0. The summed E-state index contributed by atoms with van der Waals surface area (Å²) in [6, 6.07) is 4.67. The number of hydrogen-bond donors (Lipinski definition) is 1. The van der Waals surface area contributed by atoms with Gasteiger partial charge in [0.15, 0.2) is 0 Å². The smallest absolute Gasteiger partial charge is 0.0934 e. The number of hydrogen-bond acceptors (Lipinski definition) is 3. The predicted octanol–water partition coefficient (Wildman–Crippen LogP) is 2.95. The second-order valence-corrected chi connectivity index (χ2v) is 6.47. The van der Waals surface area contributed by atoms with Crippen molar-refractivity contribution in [2.24, 2.45) is 7.05 Å². The molecule has 0 saturated heterocycles. The molecule has 1 unspecified atom stereocenters. The third-order valence-electron chi connectivity index (χ3n) is 3.39. The Labute approximate surface area is 116 Å². The van der Waals surface area contributed by atoms with E-state index in [1.807, 2.05) is 17.9 Å². The van der Waals surface area contributed by atoms with Gasteiger partial charge in [0, 0.05) is 37.1 Å². The average molecular weight is 282 g/mol. The highest BCUT2D eigenvalue weighted by molar-refractivity contribution is 7.16. The van der Waals surface area contributed by atoms with Crippen molar-refractivity contribution in [3.63, 3.8) is 0 Å². The fourth-order valence-corrected chi connectivity index (χ4v) is 3.87. The highest BCUT2D eigenvalue weighted by Crippen LogP contribution is 2.39. The Bertz CT molecular complexity index is 546. The number of rotatable bonds is 4. The number of aromatic nitrogens is 2. The van der Waals surface area contributed by atoms with E-state index in [4.69, 9.17) is 11.6 Å². The summed E-state index contributed by atoms with van der Waals surface area (Å²) in [5, 5.41) is 7.99. The van der Waals surface area contributed by atoms with E-state index in [1.165, 1.54) is 16.9 Å². The number of nitrogens with one attached hydrogen (secondary N) is 1. The van der Waals surface area contributed by atoms with Crippen molar-refractivity contribution >= 4 is 22.9 Å². The van der Waals surface area contributed by atoms with Crippen LogP contribution in [0.2, 0.25) is 4.34 Å². The Morgan fingerprint density at radius 3 is 3.28 bits per heavy atom. The van der Waals surface area contributed by atoms with Crippen LogP contribution in [0.3, 0.4) is 0 Å². The van der Waals surface area contributed by atoms with Crippen LogP contribution in [0.25, 0.3) is 0 Å². The van der Waals surface area contributed by atoms with E-state index in [0.29, 0.717) is 6.04 Å². The van der Waals surface area contributed by atoms with Gasteiger partial charge in [-0.1, -0.05) is 11.6 Å². The molecular formula is C13H16ClN3S. The highest BCUT2D eigenvalue weighted by Gasteiger charge is 2.24.